The van der Waals surface area contributed by atoms with Gasteiger partial charge in [0.25, 0.3) is 5.91 Å². The number of thiocarbonyl (C=S) groups is 1. The molecule has 0 spiro atoms. The highest BCUT2D eigenvalue weighted by Crippen LogP contribution is 2.25. The maximum absolute atomic E-state index is 12.4. The summed E-state index contributed by atoms with van der Waals surface area (Å²) in [6.45, 7) is 7.13. The van der Waals surface area contributed by atoms with Crippen molar-refractivity contribution in [2.45, 2.75) is 33.3 Å². The van der Waals surface area contributed by atoms with Crippen molar-refractivity contribution in [3.05, 3.63) is 64.9 Å². The number of ether oxygens (including phenoxy) is 2. The molecule has 1 heterocycles. The summed E-state index contributed by atoms with van der Waals surface area (Å²) < 4.78 is 11.4. The van der Waals surface area contributed by atoms with Crippen LogP contribution in [0.4, 0.5) is 0 Å². The van der Waals surface area contributed by atoms with Crippen LogP contribution < -0.4 is 14.8 Å². The number of amides is 1. The van der Waals surface area contributed by atoms with Gasteiger partial charge in [-0.3, -0.25) is 9.69 Å². The third kappa shape index (κ3) is 4.77. The Morgan fingerprint density at radius 2 is 1.90 bits per heavy atom. The average molecular weight is 411 g/mol. The van der Waals surface area contributed by atoms with E-state index in [9.17, 15) is 4.79 Å². The summed E-state index contributed by atoms with van der Waals surface area (Å²) in [5.74, 6) is 1.91. The highest BCUT2D eigenvalue weighted by molar-refractivity contribution is 7.80. The number of carbonyl (C=O) groups is 1. The Morgan fingerprint density at radius 1 is 1.17 bits per heavy atom. The first kappa shape index (κ1) is 20.9. The summed E-state index contributed by atoms with van der Waals surface area (Å²) in [6, 6.07) is 13.9. The maximum Gasteiger partial charge on any atom is 0.276 e. The molecule has 0 aromatic heterocycles. The minimum Gasteiger partial charge on any atom is -0.496 e. The lowest BCUT2D eigenvalue weighted by molar-refractivity contribution is -0.122. The van der Waals surface area contributed by atoms with Gasteiger partial charge in [0.1, 0.15) is 23.8 Å². The van der Waals surface area contributed by atoms with E-state index >= 15 is 0 Å². The topological polar surface area (TPSA) is 50.8 Å². The molecule has 0 bridgehead atoms. The van der Waals surface area contributed by atoms with Crippen LogP contribution >= 0.6 is 12.2 Å². The largest absolute Gasteiger partial charge is 0.496 e. The van der Waals surface area contributed by atoms with Crippen LogP contribution in [0.25, 0.3) is 6.08 Å². The molecule has 3 rings (SSSR count). The number of hydrogen-bond acceptors (Lipinski definition) is 4. The minimum absolute atomic E-state index is 0.114. The highest BCUT2D eigenvalue weighted by Gasteiger charge is 2.29. The Balaban J connectivity index is 1.78. The van der Waals surface area contributed by atoms with Crippen LogP contribution in [-0.2, 0) is 11.4 Å². The number of carbonyl (C=O) groups excluding carboxylic acids is 1. The lowest BCUT2D eigenvalue weighted by atomic mass is 10.0. The molecule has 0 saturated carbocycles. The van der Waals surface area contributed by atoms with E-state index in [1.165, 1.54) is 10.5 Å². The van der Waals surface area contributed by atoms with E-state index < -0.39 is 0 Å². The first-order chi connectivity index (χ1) is 13.9. The summed E-state index contributed by atoms with van der Waals surface area (Å²) in [7, 11) is 1.63. The molecule has 1 amide bonds. The normalized spacial score (nSPS) is 15.2. The van der Waals surface area contributed by atoms with Crippen molar-refractivity contribution < 1.29 is 14.3 Å². The van der Waals surface area contributed by atoms with Crippen LogP contribution in [-0.4, -0.2) is 29.6 Å². The number of methoxy groups -OCH3 is 1. The summed E-state index contributed by atoms with van der Waals surface area (Å²) in [5, 5.41) is 3.42. The van der Waals surface area contributed by atoms with Gasteiger partial charge in [-0.15, -0.1) is 0 Å². The average Bonchev–Trinajstić information content (AvgIpc) is 2.99. The molecule has 5 nitrogen and oxygen atoms in total. The standard InChI is InChI=1S/C23H26N2O3S/c1-5-25-22(26)20(24-23(25)29)13-16-6-11-21(27-4)18(12-16)14-28-19-9-7-17(8-10-19)15(2)3/h6-13,15H,5,14H2,1-4H3,(H,24,29)/b20-13+. The van der Waals surface area contributed by atoms with E-state index in [0.717, 1.165) is 22.6 Å². The quantitative estimate of drug-likeness (QED) is 0.539. The number of rotatable bonds is 7. The Morgan fingerprint density at radius 3 is 2.48 bits per heavy atom. The van der Waals surface area contributed by atoms with Crippen LogP contribution in [0.3, 0.4) is 0 Å². The van der Waals surface area contributed by atoms with Gasteiger partial charge < -0.3 is 14.8 Å². The summed E-state index contributed by atoms with van der Waals surface area (Å²) in [5.41, 5.74) is 3.51. The van der Waals surface area contributed by atoms with Crippen molar-refractivity contribution in [2.75, 3.05) is 13.7 Å². The van der Waals surface area contributed by atoms with Gasteiger partial charge in [-0.25, -0.2) is 0 Å². The summed E-state index contributed by atoms with van der Waals surface area (Å²) in [4.78, 5) is 13.9. The molecule has 0 unspecified atom stereocenters. The fourth-order valence-electron chi connectivity index (χ4n) is 3.14. The van der Waals surface area contributed by atoms with Gasteiger partial charge in [-0.2, -0.15) is 0 Å². The molecule has 1 aliphatic heterocycles. The van der Waals surface area contributed by atoms with Gasteiger partial charge in [-0.1, -0.05) is 32.0 Å². The molecule has 2 aromatic rings. The predicted octanol–water partition coefficient (Wildman–Crippen LogP) is 4.48. The molecule has 1 aliphatic rings. The summed E-state index contributed by atoms with van der Waals surface area (Å²) in [6.07, 6.45) is 1.80. The third-order valence-corrected chi connectivity index (χ3v) is 5.16. The van der Waals surface area contributed by atoms with Crippen LogP contribution in [0.1, 0.15) is 43.4 Å². The fraction of sp³-hybridized carbons (Fsp3) is 0.304. The first-order valence-electron chi connectivity index (χ1n) is 9.67. The van der Waals surface area contributed by atoms with Crippen molar-refractivity contribution in [1.82, 2.24) is 10.2 Å². The molecule has 2 aromatic carbocycles. The second-order valence-electron chi connectivity index (χ2n) is 7.12. The van der Waals surface area contributed by atoms with Crippen molar-refractivity contribution in [3.63, 3.8) is 0 Å². The first-order valence-corrected chi connectivity index (χ1v) is 10.1. The lowest BCUT2D eigenvalue weighted by Gasteiger charge is -2.12. The van der Waals surface area contributed by atoms with Crippen LogP contribution in [0.15, 0.2) is 48.2 Å². The molecule has 1 N–H and O–H groups in total. The van der Waals surface area contributed by atoms with Gasteiger partial charge in [0.15, 0.2) is 5.11 Å². The van der Waals surface area contributed by atoms with Gasteiger partial charge >= 0.3 is 0 Å². The fourth-order valence-corrected chi connectivity index (χ4v) is 3.46. The Kier molecular flexibility index (Phi) is 6.54. The zero-order chi connectivity index (χ0) is 21.0. The molecule has 1 saturated heterocycles. The van der Waals surface area contributed by atoms with Gasteiger partial charge in [0, 0.05) is 12.1 Å². The van der Waals surface area contributed by atoms with E-state index in [4.69, 9.17) is 21.7 Å². The predicted molar refractivity (Wildman–Crippen MR) is 119 cm³/mol. The molecular weight excluding hydrogens is 384 g/mol. The second kappa shape index (κ2) is 9.09. The van der Waals surface area contributed by atoms with Crippen LogP contribution in [0.2, 0.25) is 0 Å². The molecular formula is C23H26N2O3S. The zero-order valence-corrected chi connectivity index (χ0v) is 18.0. The van der Waals surface area contributed by atoms with E-state index in [0.29, 0.717) is 29.9 Å². The number of hydrogen-bond donors (Lipinski definition) is 1. The third-order valence-electron chi connectivity index (χ3n) is 4.84. The molecule has 29 heavy (non-hydrogen) atoms. The van der Waals surface area contributed by atoms with Gasteiger partial charge in [0.05, 0.1) is 7.11 Å². The summed E-state index contributed by atoms with van der Waals surface area (Å²) >= 11 is 5.21. The van der Waals surface area contributed by atoms with Crippen molar-refractivity contribution in [2.24, 2.45) is 0 Å². The molecule has 0 radical (unpaired) electrons. The Hall–Kier alpha value is -2.86. The van der Waals surface area contributed by atoms with Gasteiger partial charge in [0.2, 0.25) is 0 Å². The number of benzene rings is 2. The Bertz CT molecular complexity index is 936. The number of nitrogens with zero attached hydrogens (tertiary/aromatic N) is 1. The van der Waals surface area contributed by atoms with E-state index in [-0.39, 0.29) is 5.91 Å². The lowest BCUT2D eigenvalue weighted by Crippen LogP contribution is -2.30. The maximum atomic E-state index is 12.4. The monoisotopic (exact) mass is 410 g/mol. The van der Waals surface area contributed by atoms with E-state index in [1.54, 1.807) is 13.2 Å². The highest BCUT2D eigenvalue weighted by atomic mass is 32.1. The van der Waals surface area contributed by atoms with Crippen LogP contribution in [0.5, 0.6) is 11.5 Å². The van der Waals surface area contributed by atoms with Crippen molar-refractivity contribution >= 4 is 29.3 Å². The number of likely N-dealkylation sites (N-methyl/N-ethyl adjacent to an activating group) is 1. The van der Waals surface area contributed by atoms with Crippen molar-refractivity contribution in [1.29, 1.82) is 0 Å². The van der Waals surface area contributed by atoms with Gasteiger partial charge in [-0.05, 0) is 66.5 Å². The smallest absolute Gasteiger partial charge is 0.276 e. The molecule has 152 valence electrons. The van der Waals surface area contributed by atoms with E-state index in [2.05, 4.69) is 31.3 Å². The second-order valence-corrected chi connectivity index (χ2v) is 7.51. The van der Waals surface area contributed by atoms with Crippen molar-refractivity contribution in [3.8, 4) is 11.5 Å². The minimum atomic E-state index is -0.114. The molecule has 0 atom stereocenters. The van der Waals surface area contributed by atoms with Crippen LogP contribution in [0, 0.1) is 0 Å². The Labute approximate surface area is 177 Å². The molecule has 0 aliphatic carbocycles. The molecule has 1 fully saturated rings. The zero-order valence-electron chi connectivity index (χ0n) is 17.2. The number of nitrogens with one attached hydrogen (secondary N) is 1. The molecule has 6 heteroatoms. The van der Waals surface area contributed by atoms with E-state index in [1.807, 2.05) is 37.3 Å². The SMILES string of the molecule is CCN1C(=O)/C(=C\c2ccc(OC)c(COc3ccc(C(C)C)cc3)c2)NC1=S.